The Bertz CT molecular complexity index is 740. The fourth-order valence-corrected chi connectivity index (χ4v) is 3.40. The summed E-state index contributed by atoms with van der Waals surface area (Å²) in [6, 6.07) is 12.2. The normalized spacial score (nSPS) is 14.0. The number of carbonyl (C=O) groups is 1. The zero-order chi connectivity index (χ0) is 19.6. The summed E-state index contributed by atoms with van der Waals surface area (Å²) in [6.45, 7) is 5.41. The van der Waals surface area contributed by atoms with Crippen LogP contribution in [0, 0.1) is 6.92 Å². The minimum Gasteiger partial charge on any atom is -0.494 e. The van der Waals surface area contributed by atoms with E-state index in [-0.39, 0.29) is 5.91 Å². The van der Waals surface area contributed by atoms with Gasteiger partial charge in [-0.05, 0) is 68.4 Å². The fourth-order valence-electron chi connectivity index (χ4n) is 3.40. The first kappa shape index (κ1) is 20.2. The van der Waals surface area contributed by atoms with Gasteiger partial charge in [0.1, 0.15) is 11.6 Å². The molecular weight excluding hydrogens is 350 g/mol. The van der Waals surface area contributed by atoms with Crippen molar-refractivity contribution < 1.29 is 9.53 Å². The molecule has 28 heavy (non-hydrogen) atoms. The number of benzene rings is 1. The number of hydrogen-bond donors (Lipinski definition) is 1. The van der Waals surface area contributed by atoms with Crippen LogP contribution in [-0.4, -0.2) is 30.6 Å². The lowest BCUT2D eigenvalue weighted by Gasteiger charge is -2.27. The number of aryl methyl sites for hydroxylation is 1. The van der Waals surface area contributed by atoms with Gasteiger partial charge in [0.25, 0.3) is 0 Å². The van der Waals surface area contributed by atoms with Crippen molar-refractivity contribution in [3.05, 3.63) is 53.7 Å². The Morgan fingerprint density at radius 1 is 1.14 bits per heavy atom. The number of rotatable bonds is 9. The van der Waals surface area contributed by atoms with Gasteiger partial charge < -0.3 is 15.0 Å². The third kappa shape index (κ3) is 6.55. The quantitative estimate of drug-likeness (QED) is 0.660. The minimum absolute atomic E-state index is 0.0793. The average molecular weight is 382 g/mol. The van der Waals surface area contributed by atoms with Gasteiger partial charge in [-0.25, -0.2) is 4.98 Å². The molecule has 1 saturated heterocycles. The SMILES string of the molecule is Cc1cccc(OCCCCC(=O)NCc2ccc(N3CCCCC3)nc2)c1. The molecule has 0 aliphatic carbocycles. The minimum atomic E-state index is 0.0793. The van der Waals surface area contributed by atoms with Crippen LogP contribution in [0.4, 0.5) is 5.82 Å². The average Bonchev–Trinajstić information content (AvgIpc) is 2.73. The van der Waals surface area contributed by atoms with Gasteiger partial charge in [-0.3, -0.25) is 4.79 Å². The van der Waals surface area contributed by atoms with Gasteiger partial charge in [0.2, 0.25) is 5.91 Å². The van der Waals surface area contributed by atoms with Crippen molar-refractivity contribution in [2.24, 2.45) is 0 Å². The Morgan fingerprint density at radius 3 is 2.75 bits per heavy atom. The summed E-state index contributed by atoms with van der Waals surface area (Å²) in [5, 5.41) is 2.98. The predicted molar refractivity (Wildman–Crippen MR) is 113 cm³/mol. The van der Waals surface area contributed by atoms with E-state index in [1.54, 1.807) is 0 Å². The molecule has 150 valence electrons. The van der Waals surface area contributed by atoms with E-state index in [2.05, 4.69) is 27.3 Å². The molecule has 2 heterocycles. The summed E-state index contributed by atoms with van der Waals surface area (Å²) in [4.78, 5) is 18.9. The van der Waals surface area contributed by atoms with E-state index in [0.29, 0.717) is 19.6 Å². The molecule has 1 amide bonds. The predicted octanol–water partition coefficient (Wildman–Crippen LogP) is 4.25. The molecule has 3 rings (SSSR count). The summed E-state index contributed by atoms with van der Waals surface area (Å²) in [7, 11) is 0. The lowest BCUT2D eigenvalue weighted by molar-refractivity contribution is -0.121. The lowest BCUT2D eigenvalue weighted by Crippen LogP contribution is -2.30. The van der Waals surface area contributed by atoms with Gasteiger partial charge in [-0.2, -0.15) is 0 Å². The molecule has 1 fully saturated rings. The van der Waals surface area contributed by atoms with Crippen LogP contribution in [0.2, 0.25) is 0 Å². The molecule has 1 aliphatic rings. The maximum absolute atomic E-state index is 12.0. The maximum atomic E-state index is 12.0. The summed E-state index contributed by atoms with van der Waals surface area (Å²) in [6.07, 6.45) is 7.90. The number of ether oxygens (including phenoxy) is 1. The van der Waals surface area contributed by atoms with E-state index >= 15 is 0 Å². The lowest BCUT2D eigenvalue weighted by atomic mass is 10.1. The molecule has 0 atom stereocenters. The second kappa shape index (κ2) is 10.7. The summed E-state index contributed by atoms with van der Waals surface area (Å²) in [5.41, 5.74) is 2.23. The van der Waals surface area contributed by atoms with Crippen molar-refractivity contribution in [3.8, 4) is 5.75 Å². The number of nitrogens with one attached hydrogen (secondary N) is 1. The molecule has 0 radical (unpaired) electrons. The van der Waals surface area contributed by atoms with Gasteiger partial charge in [0.05, 0.1) is 6.61 Å². The van der Waals surface area contributed by atoms with Crippen LogP contribution in [0.3, 0.4) is 0 Å². The highest BCUT2D eigenvalue weighted by molar-refractivity contribution is 5.75. The van der Waals surface area contributed by atoms with Crippen LogP contribution in [0.25, 0.3) is 0 Å². The number of carbonyl (C=O) groups excluding carboxylic acids is 1. The van der Waals surface area contributed by atoms with Crippen LogP contribution in [0.5, 0.6) is 5.75 Å². The number of nitrogens with zero attached hydrogens (tertiary/aromatic N) is 2. The monoisotopic (exact) mass is 381 g/mol. The van der Waals surface area contributed by atoms with E-state index in [9.17, 15) is 4.79 Å². The van der Waals surface area contributed by atoms with Crippen molar-refractivity contribution in [2.45, 2.75) is 52.0 Å². The van der Waals surface area contributed by atoms with E-state index in [1.807, 2.05) is 37.4 Å². The molecule has 0 bridgehead atoms. The largest absolute Gasteiger partial charge is 0.494 e. The molecule has 1 aromatic carbocycles. The van der Waals surface area contributed by atoms with E-state index in [4.69, 9.17) is 4.74 Å². The first-order valence-corrected chi connectivity index (χ1v) is 10.4. The van der Waals surface area contributed by atoms with Crippen LogP contribution >= 0.6 is 0 Å². The highest BCUT2D eigenvalue weighted by Crippen LogP contribution is 2.17. The van der Waals surface area contributed by atoms with Gasteiger partial charge in [0.15, 0.2) is 0 Å². The van der Waals surface area contributed by atoms with Crippen molar-refractivity contribution in [3.63, 3.8) is 0 Å². The molecule has 0 spiro atoms. The van der Waals surface area contributed by atoms with Crippen molar-refractivity contribution in [1.29, 1.82) is 0 Å². The van der Waals surface area contributed by atoms with Crippen molar-refractivity contribution >= 4 is 11.7 Å². The van der Waals surface area contributed by atoms with E-state index in [0.717, 1.165) is 43.1 Å². The number of pyridine rings is 1. The fraction of sp³-hybridized carbons (Fsp3) is 0.478. The number of unbranched alkanes of at least 4 members (excludes halogenated alkanes) is 1. The van der Waals surface area contributed by atoms with Gasteiger partial charge in [0, 0.05) is 32.3 Å². The second-order valence-electron chi connectivity index (χ2n) is 7.47. The van der Waals surface area contributed by atoms with E-state index < -0.39 is 0 Å². The topological polar surface area (TPSA) is 54.5 Å². The molecule has 2 aromatic rings. The zero-order valence-corrected chi connectivity index (χ0v) is 16.8. The Kier molecular flexibility index (Phi) is 7.71. The summed E-state index contributed by atoms with van der Waals surface area (Å²) < 4.78 is 5.72. The van der Waals surface area contributed by atoms with Crippen LogP contribution < -0.4 is 15.0 Å². The molecule has 1 aromatic heterocycles. The number of hydrogen-bond acceptors (Lipinski definition) is 4. The Balaban J connectivity index is 1.29. The van der Waals surface area contributed by atoms with Crippen LogP contribution in [-0.2, 0) is 11.3 Å². The zero-order valence-electron chi connectivity index (χ0n) is 16.8. The first-order chi connectivity index (χ1) is 13.7. The molecule has 5 nitrogen and oxygen atoms in total. The molecule has 0 unspecified atom stereocenters. The molecule has 5 heteroatoms. The smallest absolute Gasteiger partial charge is 0.220 e. The van der Waals surface area contributed by atoms with Crippen LogP contribution in [0.1, 0.15) is 49.7 Å². The van der Waals surface area contributed by atoms with Crippen LogP contribution in [0.15, 0.2) is 42.6 Å². The first-order valence-electron chi connectivity index (χ1n) is 10.4. The number of piperidine rings is 1. The maximum Gasteiger partial charge on any atom is 0.220 e. The van der Waals surface area contributed by atoms with E-state index in [1.165, 1.54) is 24.8 Å². The van der Waals surface area contributed by atoms with Gasteiger partial charge in [-0.1, -0.05) is 18.2 Å². The Hall–Kier alpha value is -2.56. The molecular formula is C23H31N3O2. The highest BCUT2D eigenvalue weighted by Gasteiger charge is 2.11. The third-order valence-corrected chi connectivity index (χ3v) is 5.04. The Morgan fingerprint density at radius 2 is 2.00 bits per heavy atom. The Labute approximate surface area is 168 Å². The number of anilines is 1. The third-order valence-electron chi connectivity index (χ3n) is 5.04. The summed E-state index contributed by atoms with van der Waals surface area (Å²) >= 11 is 0. The second-order valence-corrected chi connectivity index (χ2v) is 7.47. The summed E-state index contributed by atoms with van der Waals surface area (Å²) in [5.74, 6) is 2.02. The molecule has 0 saturated carbocycles. The molecule has 1 N–H and O–H groups in total. The van der Waals surface area contributed by atoms with Crippen molar-refractivity contribution in [1.82, 2.24) is 10.3 Å². The standard InChI is InChI=1S/C23H31N3O2/c1-19-8-7-9-21(16-19)28-15-6-3-10-23(27)25-18-20-11-12-22(24-17-20)26-13-4-2-5-14-26/h7-9,11-12,16-17H,2-6,10,13-15,18H2,1H3,(H,25,27). The number of amides is 1. The van der Waals surface area contributed by atoms with Gasteiger partial charge >= 0.3 is 0 Å². The number of aromatic nitrogens is 1. The van der Waals surface area contributed by atoms with Gasteiger partial charge in [-0.15, -0.1) is 0 Å². The van der Waals surface area contributed by atoms with Crippen molar-refractivity contribution in [2.75, 3.05) is 24.6 Å². The molecule has 1 aliphatic heterocycles. The highest BCUT2D eigenvalue weighted by atomic mass is 16.5.